The van der Waals surface area contributed by atoms with Gasteiger partial charge in [-0.1, -0.05) is 6.92 Å². The Hall–Kier alpha value is -3.20. The molecule has 2 aliphatic rings. The van der Waals surface area contributed by atoms with Crippen molar-refractivity contribution in [3.8, 4) is 17.1 Å². The van der Waals surface area contributed by atoms with E-state index in [9.17, 15) is 4.79 Å². The molecule has 0 radical (unpaired) electrons. The van der Waals surface area contributed by atoms with E-state index in [1.165, 1.54) is 25.9 Å². The van der Waals surface area contributed by atoms with E-state index in [1.807, 2.05) is 36.4 Å². The van der Waals surface area contributed by atoms with Gasteiger partial charge in [0.25, 0.3) is 0 Å². The minimum atomic E-state index is 0.0739. The number of fused-ring (bicyclic) bond motifs is 1. The first kappa shape index (κ1) is 24.5. The van der Waals surface area contributed by atoms with Crippen molar-refractivity contribution in [2.24, 2.45) is 11.8 Å². The summed E-state index contributed by atoms with van der Waals surface area (Å²) in [4.78, 5) is 17.5. The molecule has 5 rings (SSSR count). The van der Waals surface area contributed by atoms with Gasteiger partial charge in [-0.15, -0.1) is 15.3 Å². The van der Waals surface area contributed by atoms with Crippen LogP contribution in [0.4, 0.5) is 5.82 Å². The van der Waals surface area contributed by atoms with Gasteiger partial charge < -0.3 is 19.9 Å². The van der Waals surface area contributed by atoms with E-state index in [-0.39, 0.29) is 11.8 Å². The second kappa shape index (κ2) is 11.2. The lowest BCUT2D eigenvalue weighted by Crippen LogP contribution is -2.42. The molecule has 2 fully saturated rings. The lowest BCUT2D eigenvalue weighted by Gasteiger charge is -2.32. The third-order valence-corrected chi connectivity index (χ3v) is 7.48. The van der Waals surface area contributed by atoms with Crippen LogP contribution in [0.25, 0.3) is 17.0 Å². The number of hydrogen-bond donors (Lipinski definition) is 1. The van der Waals surface area contributed by atoms with Crippen molar-refractivity contribution in [2.75, 3.05) is 51.3 Å². The molecule has 1 N–H and O–H groups in total. The van der Waals surface area contributed by atoms with E-state index < -0.39 is 0 Å². The van der Waals surface area contributed by atoms with Gasteiger partial charge in [0, 0.05) is 37.7 Å². The third kappa shape index (κ3) is 5.61. The summed E-state index contributed by atoms with van der Waals surface area (Å²) in [6.45, 7) is 8.20. The number of carbonyl (C=O) groups excluding carboxylic acids is 1. The number of hydrogen-bond acceptors (Lipinski definition) is 7. The summed E-state index contributed by atoms with van der Waals surface area (Å²) in [6, 6.07) is 11.7. The van der Waals surface area contributed by atoms with Gasteiger partial charge in [-0.25, -0.2) is 0 Å². The van der Waals surface area contributed by atoms with Crippen LogP contribution in [0.1, 0.15) is 39.0 Å². The second-order valence-corrected chi connectivity index (χ2v) is 10.2. The zero-order valence-corrected chi connectivity index (χ0v) is 21.4. The number of likely N-dealkylation sites (tertiary alicyclic amines) is 1. The summed E-state index contributed by atoms with van der Waals surface area (Å²) in [7, 11) is 1.65. The quantitative estimate of drug-likeness (QED) is 0.484. The highest BCUT2D eigenvalue weighted by molar-refractivity contribution is 5.79. The maximum Gasteiger partial charge on any atom is 0.223 e. The highest BCUT2D eigenvalue weighted by Crippen LogP contribution is 2.25. The number of nitrogens with one attached hydrogen (secondary N) is 1. The summed E-state index contributed by atoms with van der Waals surface area (Å²) < 4.78 is 7.05. The molecule has 1 aromatic carbocycles. The molecule has 1 atom stereocenters. The highest BCUT2D eigenvalue weighted by atomic mass is 16.5. The maximum atomic E-state index is 12.7. The minimum Gasteiger partial charge on any atom is -0.497 e. The molecule has 2 saturated heterocycles. The molecule has 0 saturated carbocycles. The van der Waals surface area contributed by atoms with Gasteiger partial charge in [0.2, 0.25) is 5.91 Å². The van der Waals surface area contributed by atoms with Gasteiger partial charge >= 0.3 is 0 Å². The number of anilines is 1. The molecule has 192 valence electrons. The minimum absolute atomic E-state index is 0.0739. The van der Waals surface area contributed by atoms with Crippen LogP contribution in [0, 0.1) is 11.8 Å². The molecule has 9 nitrogen and oxygen atoms in total. The topological polar surface area (TPSA) is 87.9 Å². The van der Waals surface area contributed by atoms with E-state index in [4.69, 9.17) is 9.84 Å². The summed E-state index contributed by atoms with van der Waals surface area (Å²) in [5.41, 5.74) is 1.64. The Labute approximate surface area is 212 Å². The fraction of sp³-hybridized carbons (Fsp3) is 0.556. The number of carbonyl (C=O) groups is 1. The van der Waals surface area contributed by atoms with Crippen molar-refractivity contribution in [3.63, 3.8) is 0 Å². The fourth-order valence-electron chi connectivity index (χ4n) is 5.39. The van der Waals surface area contributed by atoms with Gasteiger partial charge in [0.05, 0.1) is 7.11 Å². The second-order valence-electron chi connectivity index (χ2n) is 10.2. The van der Waals surface area contributed by atoms with Crippen molar-refractivity contribution in [3.05, 3.63) is 36.4 Å². The molecule has 1 amide bonds. The van der Waals surface area contributed by atoms with Crippen LogP contribution >= 0.6 is 0 Å². The smallest absolute Gasteiger partial charge is 0.223 e. The van der Waals surface area contributed by atoms with Gasteiger partial charge in [-0.05, 0) is 87.5 Å². The molecule has 0 unspecified atom stereocenters. The first-order valence-electron chi connectivity index (χ1n) is 13.2. The molecule has 0 bridgehead atoms. The number of nitrogens with zero attached hydrogens (tertiary/aromatic N) is 6. The van der Waals surface area contributed by atoms with Gasteiger partial charge in [-0.2, -0.15) is 4.52 Å². The largest absolute Gasteiger partial charge is 0.497 e. The van der Waals surface area contributed by atoms with E-state index >= 15 is 0 Å². The maximum absolute atomic E-state index is 12.7. The zero-order chi connectivity index (χ0) is 24.9. The highest BCUT2D eigenvalue weighted by Gasteiger charge is 2.26. The van der Waals surface area contributed by atoms with Gasteiger partial charge in [0.15, 0.2) is 11.5 Å². The summed E-state index contributed by atoms with van der Waals surface area (Å²) >= 11 is 0. The monoisotopic (exact) mass is 491 g/mol. The number of aromatic nitrogens is 4. The van der Waals surface area contributed by atoms with Crippen LogP contribution in [0.5, 0.6) is 5.75 Å². The molecule has 2 aromatic heterocycles. The SMILES string of the molecule is COc1ccc(-c2nnc3ccc(N4CCC(C(=O)NCCCN5CCC[C@@H](C)C5)CC4)nn23)cc1. The van der Waals surface area contributed by atoms with E-state index in [0.29, 0.717) is 11.5 Å². The third-order valence-electron chi connectivity index (χ3n) is 7.48. The lowest BCUT2D eigenvalue weighted by atomic mass is 9.96. The Bertz CT molecular complexity index is 1150. The molecule has 36 heavy (non-hydrogen) atoms. The van der Waals surface area contributed by atoms with Crippen molar-refractivity contribution in [1.82, 2.24) is 30.0 Å². The normalized spacial score (nSPS) is 19.5. The first-order valence-corrected chi connectivity index (χ1v) is 13.2. The summed E-state index contributed by atoms with van der Waals surface area (Å²) in [5, 5.41) is 16.6. The van der Waals surface area contributed by atoms with Crippen LogP contribution in [0.15, 0.2) is 36.4 Å². The Kier molecular flexibility index (Phi) is 7.65. The number of piperidine rings is 2. The van der Waals surface area contributed by atoms with Gasteiger partial charge in [0.1, 0.15) is 11.6 Å². The molecular formula is C27H37N7O2. The average Bonchev–Trinajstić information content (AvgIpc) is 3.34. The molecule has 0 aliphatic carbocycles. The number of ether oxygens (including phenoxy) is 1. The van der Waals surface area contributed by atoms with Crippen LogP contribution in [0.3, 0.4) is 0 Å². The molecular weight excluding hydrogens is 454 g/mol. The standard InChI is InChI=1S/C27H37N7O2/c1-20-5-3-15-32(19-20)16-4-14-28-27(35)22-12-17-33(18-13-22)25-11-10-24-29-30-26(34(24)31-25)21-6-8-23(36-2)9-7-21/h6-11,20,22H,3-5,12-19H2,1-2H3,(H,28,35)/t20-/m1/s1. The lowest BCUT2D eigenvalue weighted by molar-refractivity contribution is -0.125. The van der Waals surface area contributed by atoms with E-state index in [2.05, 4.69) is 32.2 Å². The van der Waals surface area contributed by atoms with Crippen molar-refractivity contribution in [2.45, 2.75) is 39.0 Å². The van der Waals surface area contributed by atoms with E-state index in [1.54, 1.807) is 11.6 Å². The molecule has 0 spiro atoms. The molecule has 3 aromatic rings. The van der Waals surface area contributed by atoms with Crippen LogP contribution < -0.4 is 15.0 Å². The van der Waals surface area contributed by atoms with E-state index in [0.717, 1.165) is 68.5 Å². The number of amides is 1. The van der Waals surface area contributed by atoms with Crippen molar-refractivity contribution >= 4 is 17.4 Å². The number of methoxy groups -OCH3 is 1. The van der Waals surface area contributed by atoms with Crippen LogP contribution in [-0.4, -0.2) is 77.0 Å². The fourth-order valence-corrected chi connectivity index (χ4v) is 5.39. The first-order chi connectivity index (χ1) is 17.6. The predicted molar refractivity (Wildman–Crippen MR) is 140 cm³/mol. The number of benzene rings is 1. The van der Waals surface area contributed by atoms with Crippen LogP contribution in [0.2, 0.25) is 0 Å². The zero-order valence-electron chi connectivity index (χ0n) is 21.4. The molecule has 4 heterocycles. The van der Waals surface area contributed by atoms with Gasteiger partial charge in [-0.3, -0.25) is 4.79 Å². The number of rotatable bonds is 8. The Morgan fingerprint density at radius 3 is 2.61 bits per heavy atom. The van der Waals surface area contributed by atoms with Crippen molar-refractivity contribution in [1.29, 1.82) is 0 Å². The molecule has 9 heteroatoms. The Morgan fingerprint density at radius 1 is 1.06 bits per heavy atom. The molecule has 2 aliphatic heterocycles. The predicted octanol–water partition coefficient (Wildman–Crippen LogP) is 3.25. The van der Waals surface area contributed by atoms with Crippen LogP contribution in [-0.2, 0) is 4.79 Å². The Balaban J connectivity index is 1.13. The Morgan fingerprint density at radius 2 is 1.86 bits per heavy atom. The average molecular weight is 492 g/mol. The van der Waals surface area contributed by atoms with Crippen molar-refractivity contribution < 1.29 is 9.53 Å². The summed E-state index contributed by atoms with van der Waals surface area (Å²) in [6.07, 6.45) is 5.34. The summed E-state index contributed by atoms with van der Waals surface area (Å²) in [5.74, 6) is 3.45.